The van der Waals surface area contributed by atoms with Gasteiger partial charge in [0.15, 0.2) is 0 Å². The van der Waals surface area contributed by atoms with Crippen molar-refractivity contribution in [2.24, 2.45) is 0 Å². The Morgan fingerprint density at radius 2 is 2.07 bits per heavy atom. The van der Waals surface area contributed by atoms with E-state index in [4.69, 9.17) is 11.6 Å². The second-order valence-electron chi connectivity index (χ2n) is 2.41. The van der Waals surface area contributed by atoms with Crippen molar-refractivity contribution in [3.8, 4) is 0 Å². The van der Waals surface area contributed by atoms with Gasteiger partial charge in [-0.1, -0.05) is 11.6 Å². The quantitative estimate of drug-likeness (QED) is 0.851. The predicted molar refractivity (Wildman–Crippen MR) is 55.4 cm³/mol. The van der Waals surface area contributed by atoms with Crippen molar-refractivity contribution in [3.63, 3.8) is 0 Å². The molecule has 0 bridgehead atoms. The van der Waals surface area contributed by atoms with Crippen LogP contribution in [0.4, 0.5) is 4.39 Å². The van der Waals surface area contributed by atoms with Gasteiger partial charge in [0.2, 0.25) is 10.0 Å². The Balaban J connectivity index is 3.41. The van der Waals surface area contributed by atoms with Crippen LogP contribution in [-0.2, 0) is 10.0 Å². The molecule has 0 aliphatic heterocycles. The van der Waals surface area contributed by atoms with Crippen molar-refractivity contribution in [3.05, 3.63) is 27.4 Å². The second-order valence-corrected chi connectivity index (χ2v) is 5.50. The molecular weight excluding hydrogens is 297 g/mol. The summed E-state index contributed by atoms with van der Waals surface area (Å²) in [5.74, 6) is -0.716. The number of hydrogen-bond acceptors (Lipinski definition) is 2. The van der Waals surface area contributed by atoms with Crippen LogP contribution in [0.2, 0.25) is 5.02 Å². The van der Waals surface area contributed by atoms with Crippen molar-refractivity contribution in [2.75, 3.05) is 7.05 Å². The fraction of sp³-hybridized carbons (Fsp3) is 0.143. The lowest BCUT2D eigenvalue weighted by Crippen LogP contribution is -2.18. The third-order valence-electron chi connectivity index (χ3n) is 1.54. The molecule has 0 saturated carbocycles. The molecular formula is C7H6BrClFNO2S. The predicted octanol–water partition coefficient (Wildman–Crippen LogP) is 2.15. The summed E-state index contributed by atoms with van der Waals surface area (Å²) < 4.78 is 37.7. The average molecular weight is 303 g/mol. The summed E-state index contributed by atoms with van der Waals surface area (Å²) in [4.78, 5) is -0.203. The number of halogens is 3. The lowest BCUT2D eigenvalue weighted by Gasteiger charge is -2.04. The van der Waals surface area contributed by atoms with Crippen LogP contribution in [0.3, 0.4) is 0 Å². The van der Waals surface area contributed by atoms with E-state index in [9.17, 15) is 12.8 Å². The molecule has 0 radical (unpaired) electrons. The highest BCUT2D eigenvalue weighted by atomic mass is 79.9. The molecule has 0 spiro atoms. The molecule has 78 valence electrons. The zero-order valence-corrected chi connectivity index (χ0v) is 10.2. The first-order valence-electron chi connectivity index (χ1n) is 3.46. The Morgan fingerprint density at radius 3 is 2.50 bits per heavy atom. The summed E-state index contributed by atoms with van der Waals surface area (Å²) in [7, 11) is -2.42. The molecule has 0 aliphatic carbocycles. The molecule has 1 N–H and O–H groups in total. The SMILES string of the molecule is CNS(=O)(=O)c1cc(F)c(Br)c(Cl)c1. The Bertz CT molecular complexity index is 440. The third kappa shape index (κ3) is 2.25. The highest BCUT2D eigenvalue weighted by Crippen LogP contribution is 2.28. The van der Waals surface area contributed by atoms with Gasteiger partial charge in [0.05, 0.1) is 14.4 Å². The van der Waals surface area contributed by atoms with Gasteiger partial charge in [0.25, 0.3) is 0 Å². The first-order valence-corrected chi connectivity index (χ1v) is 6.12. The highest BCUT2D eigenvalue weighted by Gasteiger charge is 2.16. The first kappa shape index (κ1) is 11.9. The van der Waals surface area contributed by atoms with E-state index in [2.05, 4.69) is 20.7 Å². The smallest absolute Gasteiger partial charge is 0.214 e. The minimum Gasteiger partial charge on any atom is -0.214 e. The Labute approximate surface area is 94.4 Å². The van der Waals surface area contributed by atoms with Crippen molar-refractivity contribution in [1.82, 2.24) is 4.72 Å². The van der Waals surface area contributed by atoms with Crippen LogP contribution in [0.1, 0.15) is 0 Å². The lowest BCUT2D eigenvalue weighted by atomic mass is 10.3. The van der Waals surface area contributed by atoms with Crippen molar-refractivity contribution in [2.45, 2.75) is 4.90 Å². The molecule has 1 rings (SSSR count). The molecule has 0 heterocycles. The average Bonchev–Trinajstić information content (AvgIpc) is 2.13. The molecule has 0 saturated heterocycles. The van der Waals surface area contributed by atoms with Crippen LogP contribution in [0.15, 0.2) is 21.5 Å². The second kappa shape index (κ2) is 4.14. The highest BCUT2D eigenvalue weighted by molar-refractivity contribution is 9.10. The molecule has 0 atom stereocenters. The number of nitrogens with one attached hydrogen (secondary N) is 1. The van der Waals surface area contributed by atoms with Crippen LogP contribution >= 0.6 is 27.5 Å². The van der Waals surface area contributed by atoms with Gasteiger partial charge < -0.3 is 0 Å². The van der Waals surface area contributed by atoms with Crippen molar-refractivity contribution < 1.29 is 12.8 Å². The van der Waals surface area contributed by atoms with Gasteiger partial charge in [-0.25, -0.2) is 17.5 Å². The van der Waals surface area contributed by atoms with Crippen LogP contribution in [-0.4, -0.2) is 15.5 Å². The van der Waals surface area contributed by atoms with E-state index in [0.717, 1.165) is 6.07 Å². The maximum Gasteiger partial charge on any atom is 0.240 e. The topological polar surface area (TPSA) is 46.2 Å². The Morgan fingerprint density at radius 1 is 1.50 bits per heavy atom. The number of sulfonamides is 1. The van der Waals surface area contributed by atoms with Crippen molar-refractivity contribution >= 4 is 37.6 Å². The van der Waals surface area contributed by atoms with Crippen LogP contribution in [0, 0.1) is 5.82 Å². The van der Waals surface area contributed by atoms with E-state index in [1.54, 1.807) is 0 Å². The molecule has 0 aliphatic rings. The lowest BCUT2D eigenvalue weighted by molar-refractivity contribution is 0.583. The molecule has 0 unspecified atom stereocenters. The zero-order chi connectivity index (χ0) is 10.9. The fourth-order valence-corrected chi connectivity index (χ4v) is 2.07. The first-order chi connectivity index (χ1) is 6.38. The standard InChI is InChI=1S/C7H6BrClFNO2S/c1-11-14(12,13)4-2-5(9)7(8)6(10)3-4/h2-3,11H,1H3. The number of benzene rings is 1. The Kier molecular flexibility index (Phi) is 3.52. The van der Waals surface area contributed by atoms with Crippen LogP contribution in [0.25, 0.3) is 0 Å². The summed E-state index contributed by atoms with van der Waals surface area (Å²) in [5.41, 5.74) is 0. The molecule has 0 aromatic heterocycles. The van der Waals surface area contributed by atoms with E-state index >= 15 is 0 Å². The van der Waals surface area contributed by atoms with E-state index in [1.165, 1.54) is 13.1 Å². The summed E-state index contributed by atoms with van der Waals surface area (Å²) >= 11 is 8.48. The molecule has 0 fully saturated rings. The number of rotatable bonds is 2. The summed E-state index contributed by atoms with van der Waals surface area (Å²) in [6.07, 6.45) is 0. The molecule has 1 aromatic rings. The van der Waals surface area contributed by atoms with E-state index < -0.39 is 15.8 Å². The molecule has 1 aromatic carbocycles. The molecule has 0 amide bonds. The van der Waals surface area contributed by atoms with E-state index in [1.807, 2.05) is 0 Å². The van der Waals surface area contributed by atoms with Gasteiger partial charge in [0.1, 0.15) is 5.82 Å². The van der Waals surface area contributed by atoms with Gasteiger partial charge in [-0.2, -0.15) is 0 Å². The maximum absolute atomic E-state index is 13.1. The minimum atomic E-state index is -3.66. The third-order valence-corrected chi connectivity index (χ3v) is 4.26. The maximum atomic E-state index is 13.1. The summed E-state index contributed by atoms with van der Waals surface area (Å²) in [5, 5.41) is 0.0128. The van der Waals surface area contributed by atoms with E-state index in [0.29, 0.717) is 0 Å². The molecule has 7 heteroatoms. The minimum absolute atomic E-state index is 0.0128. The van der Waals surface area contributed by atoms with Gasteiger partial charge in [-0.3, -0.25) is 0 Å². The van der Waals surface area contributed by atoms with Gasteiger partial charge in [-0.15, -0.1) is 0 Å². The van der Waals surface area contributed by atoms with Gasteiger partial charge >= 0.3 is 0 Å². The normalized spacial score (nSPS) is 11.7. The zero-order valence-electron chi connectivity index (χ0n) is 7.01. The van der Waals surface area contributed by atoms with Crippen LogP contribution < -0.4 is 4.72 Å². The fourth-order valence-electron chi connectivity index (χ4n) is 0.805. The van der Waals surface area contributed by atoms with Gasteiger partial charge in [-0.05, 0) is 35.1 Å². The summed E-state index contributed by atoms with van der Waals surface area (Å²) in [6.45, 7) is 0. The Hall–Kier alpha value is -0.170. The van der Waals surface area contributed by atoms with Gasteiger partial charge in [0, 0.05) is 0 Å². The van der Waals surface area contributed by atoms with E-state index in [-0.39, 0.29) is 14.4 Å². The molecule has 14 heavy (non-hydrogen) atoms. The van der Waals surface area contributed by atoms with Crippen molar-refractivity contribution in [1.29, 1.82) is 0 Å². The summed E-state index contributed by atoms with van der Waals surface area (Å²) in [6, 6.07) is 2.06. The monoisotopic (exact) mass is 301 g/mol. The largest absolute Gasteiger partial charge is 0.240 e. The van der Waals surface area contributed by atoms with Crippen LogP contribution in [0.5, 0.6) is 0 Å². The molecule has 3 nitrogen and oxygen atoms in total. The number of hydrogen-bond donors (Lipinski definition) is 1.